The van der Waals surface area contributed by atoms with Gasteiger partial charge in [-0.1, -0.05) is 6.07 Å². The van der Waals surface area contributed by atoms with Crippen molar-refractivity contribution in [1.82, 2.24) is 4.98 Å². The molecule has 1 heterocycles. The van der Waals surface area contributed by atoms with E-state index in [-0.39, 0.29) is 6.54 Å². The second-order valence-electron chi connectivity index (χ2n) is 1.98. The zero-order valence-corrected chi connectivity index (χ0v) is 6.21. The topological polar surface area (TPSA) is 74.9 Å². The molecule has 0 bridgehead atoms. The normalized spacial score (nSPS) is 10.3. The summed E-state index contributed by atoms with van der Waals surface area (Å²) in [5.74, 6) is -0.589. The Morgan fingerprint density at radius 3 is 3.00 bits per heavy atom. The average molecular weight is 165 g/mol. The molecule has 0 spiro atoms. The molecule has 5 nitrogen and oxygen atoms in total. The standard InChI is InChI=1S/C7H7N3O2/c11-7(12)5-9-10-6-3-1-2-4-8-6/h1-4H,5H2,(H,11,12). The number of aromatic nitrogens is 1. The number of carbonyl (C=O) groups is 1. The zero-order valence-electron chi connectivity index (χ0n) is 6.21. The van der Waals surface area contributed by atoms with Gasteiger partial charge in [0, 0.05) is 6.20 Å². The highest BCUT2D eigenvalue weighted by atomic mass is 16.4. The van der Waals surface area contributed by atoms with Crippen LogP contribution in [0.3, 0.4) is 0 Å². The van der Waals surface area contributed by atoms with E-state index < -0.39 is 5.97 Å². The van der Waals surface area contributed by atoms with Crippen LogP contribution in [0.5, 0.6) is 0 Å². The molecule has 0 aliphatic heterocycles. The van der Waals surface area contributed by atoms with Gasteiger partial charge < -0.3 is 5.11 Å². The monoisotopic (exact) mass is 165 g/mol. The molecule has 12 heavy (non-hydrogen) atoms. The molecule has 0 aliphatic rings. The average Bonchev–Trinajstić information content (AvgIpc) is 2.05. The van der Waals surface area contributed by atoms with Crippen molar-refractivity contribution in [2.45, 2.75) is 0 Å². The fourth-order valence-electron chi connectivity index (χ4n) is 0.581. The fraction of sp³-hybridized carbons (Fsp3) is 0.143. The highest BCUT2D eigenvalue weighted by Crippen LogP contribution is 2.04. The predicted molar refractivity (Wildman–Crippen MR) is 41.3 cm³/mol. The first-order valence-electron chi connectivity index (χ1n) is 3.29. The summed E-state index contributed by atoms with van der Waals surface area (Å²) in [6.07, 6.45) is 1.56. The van der Waals surface area contributed by atoms with E-state index in [0.717, 1.165) is 0 Å². The first-order valence-corrected chi connectivity index (χ1v) is 3.29. The van der Waals surface area contributed by atoms with Crippen LogP contribution in [-0.4, -0.2) is 22.6 Å². The van der Waals surface area contributed by atoms with Gasteiger partial charge in [0.15, 0.2) is 12.4 Å². The van der Waals surface area contributed by atoms with E-state index >= 15 is 0 Å². The fourth-order valence-corrected chi connectivity index (χ4v) is 0.581. The highest BCUT2D eigenvalue weighted by Gasteiger charge is 1.91. The van der Waals surface area contributed by atoms with Crippen LogP contribution in [0.25, 0.3) is 0 Å². The summed E-state index contributed by atoms with van der Waals surface area (Å²) in [6, 6.07) is 5.14. The molecule has 0 saturated heterocycles. The van der Waals surface area contributed by atoms with Gasteiger partial charge in [0.25, 0.3) is 0 Å². The van der Waals surface area contributed by atoms with Crippen molar-refractivity contribution in [1.29, 1.82) is 0 Å². The summed E-state index contributed by atoms with van der Waals surface area (Å²) in [4.78, 5) is 13.8. The van der Waals surface area contributed by atoms with Crippen molar-refractivity contribution < 1.29 is 9.90 Å². The largest absolute Gasteiger partial charge is 0.480 e. The molecule has 0 saturated carbocycles. The predicted octanol–water partition coefficient (Wildman–Crippen LogP) is 1.25. The van der Waals surface area contributed by atoms with Crippen molar-refractivity contribution in [3.63, 3.8) is 0 Å². The third-order valence-corrected chi connectivity index (χ3v) is 1.03. The summed E-state index contributed by atoms with van der Waals surface area (Å²) in [5.41, 5.74) is 0. The number of hydrogen-bond acceptors (Lipinski definition) is 4. The molecule has 0 aromatic carbocycles. The van der Waals surface area contributed by atoms with Gasteiger partial charge >= 0.3 is 5.97 Å². The second-order valence-corrected chi connectivity index (χ2v) is 1.98. The van der Waals surface area contributed by atoms with Crippen molar-refractivity contribution in [3.05, 3.63) is 24.4 Å². The van der Waals surface area contributed by atoms with Crippen LogP contribution in [0, 0.1) is 0 Å². The van der Waals surface area contributed by atoms with Gasteiger partial charge in [-0.3, -0.25) is 4.79 Å². The Morgan fingerprint density at radius 1 is 1.58 bits per heavy atom. The molecule has 0 amide bonds. The summed E-state index contributed by atoms with van der Waals surface area (Å²) in [7, 11) is 0. The number of nitrogens with zero attached hydrogens (tertiary/aromatic N) is 3. The van der Waals surface area contributed by atoms with Gasteiger partial charge in [-0.2, -0.15) is 5.11 Å². The summed E-state index contributed by atoms with van der Waals surface area (Å²) >= 11 is 0. The maximum absolute atomic E-state index is 10.0. The van der Waals surface area contributed by atoms with Crippen molar-refractivity contribution in [3.8, 4) is 0 Å². The van der Waals surface area contributed by atoms with Crippen LogP contribution >= 0.6 is 0 Å². The van der Waals surface area contributed by atoms with Crippen molar-refractivity contribution in [2.24, 2.45) is 10.2 Å². The van der Waals surface area contributed by atoms with Crippen LogP contribution in [0.4, 0.5) is 5.82 Å². The van der Waals surface area contributed by atoms with Crippen molar-refractivity contribution >= 4 is 11.8 Å². The number of carboxylic acids is 1. The number of pyridine rings is 1. The van der Waals surface area contributed by atoms with Crippen molar-refractivity contribution in [2.75, 3.05) is 6.54 Å². The minimum atomic E-state index is -1.00. The minimum absolute atomic E-state index is 0.323. The lowest BCUT2D eigenvalue weighted by atomic mass is 10.5. The van der Waals surface area contributed by atoms with E-state index in [9.17, 15) is 4.79 Å². The van der Waals surface area contributed by atoms with E-state index in [1.165, 1.54) is 0 Å². The van der Waals surface area contributed by atoms with E-state index in [0.29, 0.717) is 5.82 Å². The Balaban J connectivity index is 2.52. The molecule has 0 fully saturated rings. The van der Waals surface area contributed by atoms with Gasteiger partial charge in [-0.05, 0) is 12.1 Å². The Labute approximate surface area is 68.8 Å². The number of aliphatic carboxylic acids is 1. The number of rotatable bonds is 3. The van der Waals surface area contributed by atoms with Crippen LogP contribution in [0.15, 0.2) is 34.6 Å². The maximum atomic E-state index is 10.0. The molecular weight excluding hydrogens is 158 g/mol. The second kappa shape index (κ2) is 4.17. The van der Waals surface area contributed by atoms with Crippen LogP contribution in [-0.2, 0) is 4.79 Å². The quantitative estimate of drug-likeness (QED) is 0.685. The van der Waals surface area contributed by atoms with Gasteiger partial charge in [-0.15, -0.1) is 5.11 Å². The van der Waals surface area contributed by atoms with Crippen LogP contribution in [0.2, 0.25) is 0 Å². The molecule has 0 atom stereocenters. The van der Waals surface area contributed by atoms with E-state index in [2.05, 4.69) is 15.2 Å². The Kier molecular flexibility index (Phi) is 2.89. The molecule has 0 unspecified atom stereocenters. The Hall–Kier alpha value is -1.78. The van der Waals surface area contributed by atoms with E-state index in [1.807, 2.05) is 0 Å². The third-order valence-electron chi connectivity index (χ3n) is 1.03. The Morgan fingerprint density at radius 2 is 2.42 bits per heavy atom. The van der Waals surface area contributed by atoms with Gasteiger partial charge in [0.2, 0.25) is 0 Å². The molecular formula is C7H7N3O2. The van der Waals surface area contributed by atoms with Gasteiger partial charge in [-0.25, -0.2) is 4.98 Å². The molecule has 1 aromatic heterocycles. The highest BCUT2D eigenvalue weighted by molar-refractivity contribution is 5.69. The lowest BCUT2D eigenvalue weighted by Gasteiger charge is -1.87. The summed E-state index contributed by atoms with van der Waals surface area (Å²) < 4.78 is 0. The lowest BCUT2D eigenvalue weighted by Crippen LogP contribution is -1.97. The number of carboxylic acid groups (broad SMARTS) is 1. The molecule has 1 rings (SSSR count). The lowest BCUT2D eigenvalue weighted by molar-refractivity contribution is -0.135. The van der Waals surface area contributed by atoms with Gasteiger partial charge in [0.1, 0.15) is 0 Å². The van der Waals surface area contributed by atoms with Gasteiger partial charge in [0.05, 0.1) is 0 Å². The molecule has 1 N–H and O–H groups in total. The summed E-state index contributed by atoms with van der Waals surface area (Å²) in [5, 5.41) is 15.2. The molecule has 62 valence electrons. The smallest absolute Gasteiger partial charge is 0.327 e. The Bertz CT molecular complexity index is 284. The molecule has 1 aromatic rings. The number of hydrogen-bond donors (Lipinski definition) is 1. The first kappa shape index (κ1) is 8.32. The third kappa shape index (κ3) is 2.87. The maximum Gasteiger partial charge on any atom is 0.327 e. The SMILES string of the molecule is O=C(O)CN=Nc1ccccn1. The first-order chi connectivity index (χ1) is 5.79. The molecule has 0 aliphatic carbocycles. The van der Waals surface area contributed by atoms with Crippen LogP contribution < -0.4 is 0 Å². The molecule has 5 heteroatoms. The van der Waals surface area contributed by atoms with Crippen LogP contribution in [0.1, 0.15) is 0 Å². The van der Waals surface area contributed by atoms with E-state index in [1.54, 1.807) is 24.4 Å². The molecule has 0 radical (unpaired) electrons. The minimum Gasteiger partial charge on any atom is -0.480 e. The summed E-state index contributed by atoms with van der Waals surface area (Å²) in [6.45, 7) is -0.323. The zero-order chi connectivity index (χ0) is 8.81. The number of azo groups is 1. The van der Waals surface area contributed by atoms with E-state index in [4.69, 9.17) is 5.11 Å².